The molecule has 1 aromatic carbocycles. The van der Waals surface area contributed by atoms with E-state index in [1.165, 1.54) is 11.1 Å². The first kappa shape index (κ1) is 25.0. The molecule has 0 aliphatic rings. The van der Waals surface area contributed by atoms with Gasteiger partial charge in [-0.3, -0.25) is 9.38 Å². The van der Waals surface area contributed by atoms with E-state index < -0.39 is 0 Å². The molecule has 0 atom stereocenters. The van der Waals surface area contributed by atoms with E-state index >= 15 is 0 Å². The number of allylic oxidation sites excluding steroid dienone is 2. The van der Waals surface area contributed by atoms with Crippen LogP contribution in [-0.4, -0.2) is 43.5 Å². The molecule has 29 heavy (non-hydrogen) atoms. The molecule has 0 aliphatic carbocycles. The molecule has 0 fully saturated rings. The zero-order valence-electron chi connectivity index (χ0n) is 19.0. The Morgan fingerprint density at radius 2 is 1.76 bits per heavy atom. The summed E-state index contributed by atoms with van der Waals surface area (Å²) in [7, 11) is 0. The average Bonchev–Trinajstić information content (AvgIpc) is 2.69. The lowest BCUT2D eigenvalue weighted by Crippen LogP contribution is -2.27. The summed E-state index contributed by atoms with van der Waals surface area (Å²) in [6.07, 6.45) is 5.50. The molecule has 2 nitrogen and oxygen atoms in total. The van der Waals surface area contributed by atoms with Gasteiger partial charge in [0.1, 0.15) is 0 Å². The Morgan fingerprint density at radius 1 is 1.07 bits per heavy atom. The topological polar surface area (TPSA) is 15.6 Å². The van der Waals surface area contributed by atoms with E-state index in [1.54, 1.807) is 0 Å². The SMILES string of the molecule is C=CC/N=C(/C)c1cc(C(=C)CCCN(CCC)CCCF)c(C)cc1C(=C)C. The maximum atomic E-state index is 12.5. The Kier molecular flexibility index (Phi) is 11.5. The van der Waals surface area contributed by atoms with Crippen molar-refractivity contribution in [3.63, 3.8) is 0 Å². The zero-order chi connectivity index (χ0) is 21.8. The van der Waals surface area contributed by atoms with Crippen molar-refractivity contribution in [3.8, 4) is 0 Å². The molecule has 0 aromatic heterocycles. The highest BCUT2D eigenvalue weighted by Gasteiger charge is 2.13. The summed E-state index contributed by atoms with van der Waals surface area (Å²) in [6.45, 7) is 23.9. The lowest BCUT2D eigenvalue weighted by atomic mass is 9.89. The van der Waals surface area contributed by atoms with Gasteiger partial charge in [-0.05, 0) is 87.9 Å². The van der Waals surface area contributed by atoms with Gasteiger partial charge < -0.3 is 4.90 Å². The zero-order valence-corrected chi connectivity index (χ0v) is 19.0. The maximum Gasteiger partial charge on any atom is 0.0906 e. The van der Waals surface area contributed by atoms with Crippen LogP contribution in [-0.2, 0) is 0 Å². The molecule has 1 rings (SSSR count). The van der Waals surface area contributed by atoms with Gasteiger partial charge in [0, 0.05) is 17.8 Å². The van der Waals surface area contributed by atoms with Crippen LogP contribution in [0, 0.1) is 6.92 Å². The lowest BCUT2D eigenvalue weighted by molar-refractivity contribution is 0.257. The lowest BCUT2D eigenvalue weighted by Gasteiger charge is -2.22. The molecular formula is C26H39FN2. The number of alkyl halides is 1. The minimum atomic E-state index is -0.239. The Bertz CT molecular complexity index is 730. The van der Waals surface area contributed by atoms with Crippen molar-refractivity contribution >= 4 is 16.9 Å². The van der Waals surface area contributed by atoms with Gasteiger partial charge in [0.25, 0.3) is 0 Å². The standard InChI is InChI=1S/C26H39FN2/c1-8-14-28-23(7)26-19-25(22(6)18-24(26)20(3)4)21(5)12-10-16-29(15-9-2)17-11-13-27/h8,18-19H,1,3,5,9-17H2,2,4,6-7H3/b28-23-. The molecule has 0 radical (unpaired) electrons. The van der Waals surface area contributed by atoms with Gasteiger partial charge in [0.15, 0.2) is 0 Å². The smallest absolute Gasteiger partial charge is 0.0906 e. The van der Waals surface area contributed by atoms with E-state index in [1.807, 2.05) is 19.9 Å². The summed E-state index contributed by atoms with van der Waals surface area (Å²) in [4.78, 5) is 6.97. The quantitative estimate of drug-likeness (QED) is 0.246. The van der Waals surface area contributed by atoms with Crippen LogP contribution in [0.15, 0.2) is 42.9 Å². The molecule has 0 bridgehead atoms. The Morgan fingerprint density at radius 3 is 2.34 bits per heavy atom. The minimum absolute atomic E-state index is 0.239. The monoisotopic (exact) mass is 398 g/mol. The average molecular weight is 399 g/mol. The Labute approximate surface area is 177 Å². The van der Waals surface area contributed by atoms with E-state index in [9.17, 15) is 4.39 Å². The maximum absolute atomic E-state index is 12.5. The highest BCUT2D eigenvalue weighted by atomic mass is 19.1. The molecule has 0 saturated carbocycles. The van der Waals surface area contributed by atoms with Gasteiger partial charge in [-0.25, -0.2) is 0 Å². The summed E-state index contributed by atoms with van der Waals surface area (Å²) in [5.74, 6) is 0. The molecule has 0 saturated heterocycles. The summed E-state index contributed by atoms with van der Waals surface area (Å²) in [6, 6.07) is 4.42. The normalized spacial score (nSPS) is 11.7. The van der Waals surface area contributed by atoms with E-state index in [2.05, 4.69) is 55.6 Å². The number of nitrogens with zero attached hydrogens (tertiary/aromatic N) is 2. The molecule has 1 aromatic rings. The Hall–Kier alpha value is -2.00. The van der Waals surface area contributed by atoms with Gasteiger partial charge in [0.05, 0.1) is 13.2 Å². The molecule has 0 spiro atoms. The van der Waals surface area contributed by atoms with Crippen LogP contribution in [0.2, 0.25) is 0 Å². The predicted octanol–water partition coefficient (Wildman–Crippen LogP) is 6.89. The molecular weight excluding hydrogens is 359 g/mol. The minimum Gasteiger partial charge on any atom is -0.303 e. The van der Waals surface area contributed by atoms with Crippen LogP contribution >= 0.6 is 0 Å². The van der Waals surface area contributed by atoms with Gasteiger partial charge in [-0.15, -0.1) is 6.58 Å². The van der Waals surface area contributed by atoms with Crippen LogP contribution in [0.3, 0.4) is 0 Å². The van der Waals surface area contributed by atoms with E-state index in [-0.39, 0.29) is 6.67 Å². The first-order valence-electron chi connectivity index (χ1n) is 10.7. The second kappa shape index (κ2) is 13.3. The Balaban J connectivity index is 2.97. The number of hydrogen-bond acceptors (Lipinski definition) is 2. The van der Waals surface area contributed by atoms with Crippen LogP contribution in [0.1, 0.15) is 68.7 Å². The highest BCUT2D eigenvalue weighted by Crippen LogP contribution is 2.29. The first-order valence-corrected chi connectivity index (χ1v) is 10.7. The molecule has 160 valence electrons. The third-order valence-electron chi connectivity index (χ3n) is 5.15. The van der Waals surface area contributed by atoms with E-state index in [0.717, 1.165) is 66.9 Å². The first-order chi connectivity index (χ1) is 13.8. The fourth-order valence-electron chi connectivity index (χ4n) is 3.61. The molecule has 0 heterocycles. The van der Waals surface area contributed by atoms with Crippen LogP contribution in [0.5, 0.6) is 0 Å². The fourth-order valence-corrected chi connectivity index (χ4v) is 3.61. The number of rotatable bonds is 14. The number of benzene rings is 1. The van der Waals surface area contributed by atoms with Crippen molar-refractivity contribution in [1.29, 1.82) is 0 Å². The van der Waals surface area contributed by atoms with Crippen molar-refractivity contribution < 1.29 is 4.39 Å². The summed E-state index contributed by atoms with van der Waals surface area (Å²) in [5, 5.41) is 0. The largest absolute Gasteiger partial charge is 0.303 e. The summed E-state index contributed by atoms with van der Waals surface area (Å²) < 4.78 is 12.5. The molecule has 0 aliphatic heterocycles. The van der Waals surface area contributed by atoms with E-state index in [0.29, 0.717) is 13.0 Å². The number of aliphatic imine (C=N–C) groups is 1. The van der Waals surface area contributed by atoms with Crippen molar-refractivity contribution in [2.24, 2.45) is 4.99 Å². The van der Waals surface area contributed by atoms with Crippen LogP contribution < -0.4 is 0 Å². The van der Waals surface area contributed by atoms with Gasteiger partial charge in [-0.1, -0.05) is 37.8 Å². The predicted molar refractivity (Wildman–Crippen MR) is 129 cm³/mol. The summed E-state index contributed by atoms with van der Waals surface area (Å²) in [5.41, 5.74) is 7.87. The van der Waals surface area contributed by atoms with Crippen LogP contribution in [0.25, 0.3) is 11.1 Å². The van der Waals surface area contributed by atoms with Gasteiger partial charge in [0.2, 0.25) is 0 Å². The molecule has 3 heteroatoms. The van der Waals surface area contributed by atoms with Crippen molar-refractivity contribution in [3.05, 3.63) is 60.2 Å². The molecule has 0 amide bonds. The summed E-state index contributed by atoms with van der Waals surface area (Å²) >= 11 is 0. The number of aryl methyl sites for hydroxylation is 1. The van der Waals surface area contributed by atoms with E-state index in [4.69, 9.17) is 0 Å². The van der Waals surface area contributed by atoms with Crippen molar-refractivity contribution in [1.82, 2.24) is 4.90 Å². The third kappa shape index (κ3) is 8.10. The van der Waals surface area contributed by atoms with Gasteiger partial charge in [-0.2, -0.15) is 0 Å². The van der Waals surface area contributed by atoms with Crippen molar-refractivity contribution in [2.75, 3.05) is 32.9 Å². The van der Waals surface area contributed by atoms with Gasteiger partial charge >= 0.3 is 0 Å². The third-order valence-corrected chi connectivity index (χ3v) is 5.15. The number of hydrogen-bond donors (Lipinski definition) is 0. The second-order valence-electron chi connectivity index (χ2n) is 7.80. The molecule has 0 unspecified atom stereocenters. The van der Waals surface area contributed by atoms with Crippen molar-refractivity contribution in [2.45, 2.75) is 53.4 Å². The molecule has 0 N–H and O–H groups in total. The second-order valence-corrected chi connectivity index (χ2v) is 7.80. The van der Waals surface area contributed by atoms with Crippen LogP contribution in [0.4, 0.5) is 4.39 Å². The fraction of sp³-hybridized carbons (Fsp3) is 0.500. The highest BCUT2D eigenvalue weighted by molar-refractivity contribution is 6.03. The number of halogens is 1.